The van der Waals surface area contributed by atoms with Crippen LogP contribution in [0.1, 0.15) is 15.9 Å². The van der Waals surface area contributed by atoms with Crippen molar-refractivity contribution in [3.63, 3.8) is 0 Å². The third-order valence-electron chi connectivity index (χ3n) is 3.10. The standard InChI is InChI=1S/C15H17N5O4S/c16-7-8-17-15(21)12-5-6-14(18-9-12)20-19-10-11-3-1-2-4-13(11)25(22,23)24/h1-6,9H,7-8,10,16H2,(H,17,21)(H,22,23,24). The third-order valence-corrected chi connectivity index (χ3v) is 4.06. The lowest BCUT2D eigenvalue weighted by molar-refractivity contribution is 0.0954. The zero-order valence-electron chi connectivity index (χ0n) is 13.2. The molecule has 0 spiro atoms. The predicted octanol–water partition coefficient (Wildman–Crippen LogP) is 1.30. The minimum atomic E-state index is -4.32. The number of pyridine rings is 1. The van der Waals surface area contributed by atoms with Crippen LogP contribution in [0.25, 0.3) is 0 Å². The molecule has 9 nitrogen and oxygen atoms in total. The Morgan fingerprint density at radius 3 is 2.64 bits per heavy atom. The van der Waals surface area contributed by atoms with Gasteiger partial charge in [-0.15, -0.1) is 5.11 Å². The highest BCUT2D eigenvalue weighted by molar-refractivity contribution is 7.85. The summed E-state index contributed by atoms with van der Waals surface area (Å²) in [6.07, 6.45) is 1.35. The second kappa shape index (κ2) is 8.42. The number of amides is 1. The predicted molar refractivity (Wildman–Crippen MR) is 90.1 cm³/mol. The summed E-state index contributed by atoms with van der Waals surface area (Å²) < 4.78 is 31.7. The quantitative estimate of drug-likeness (QED) is 0.499. The number of azo groups is 1. The van der Waals surface area contributed by atoms with E-state index in [1.54, 1.807) is 12.1 Å². The lowest BCUT2D eigenvalue weighted by Gasteiger charge is -2.03. The largest absolute Gasteiger partial charge is 0.351 e. The molecule has 0 aliphatic rings. The molecule has 0 aliphatic heterocycles. The van der Waals surface area contributed by atoms with Gasteiger partial charge in [0.1, 0.15) is 0 Å². The summed E-state index contributed by atoms with van der Waals surface area (Å²) in [4.78, 5) is 15.5. The van der Waals surface area contributed by atoms with Crippen LogP contribution in [-0.4, -0.2) is 37.0 Å². The number of benzene rings is 1. The molecule has 132 valence electrons. The molecule has 0 fully saturated rings. The molecule has 2 aromatic rings. The van der Waals surface area contributed by atoms with Gasteiger partial charge in [0, 0.05) is 19.3 Å². The van der Waals surface area contributed by atoms with E-state index in [-0.39, 0.29) is 23.2 Å². The second-order valence-corrected chi connectivity index (χ2v) is 6.32. The Kier molecular flexibility index (Phi) is 6.28. The molecule has 1 amide bonds. The maximum atomic E-state index is 11.7. The number of nitrogens with one attached hydrogen (secondary N) is 1. The minimum Gasteiger partial charge on any atom is -0.351 e. The lowest BCUT2D eigenvalue weighted by atomic mass is 10.2. The lowest BCUT2D eigenvalue weighted by Crippen LogP contribution is -2.28. The number of carbonyl (C=O) groups is 1. The van der Waals surface area contributed by atoms with Gasteiger partial charge in [-0.2, -0.15) is 13.5 Å². The van der Waals surface area contributed by atoms with Crippen molar-refractivity contribution in [3.8, 4) is 0 Å². The van der Waals surface area contributed by atoms with Gasteiger partial charge in [-0.3, -0.25) is 9.35 Å². The van der Waals surface area contributed by atoms with Crippen LogP contribution in [0.3, 0.4) is 0 Å². The van der Waals surface area contributed by atoms with E-state index in [1.165, 1.54) is 30.5 Å². The van der Waals surface area contributed by atoms with E-state index in [0.29, 0.717) is 24.2 Å². The summed E-state index contributed by atoms with van der Waals surface area (Å²) in [5, 5.41) is 10.4. The Morgan fingerprint density at radius 2 is 2.00 bits per heavy atom. The molecule has 1 aromatic heterocycles. The molecule has 0 radical (unpaired) electrons. The van der Waals surface area contributed by atoms with Crippen molar-refractivity contribution in [3.05, 3.63) is 53.7 Å². The smallest absolute Gasteiger partial charge is 0.294 e. The summed E-state index contributed by atoms with van der Waals surface area (Å²) in [7, 11) is -4.32. The van der Waals surface area contributed by atoms with Crippen LogP contribution < -0.4 is 11.1 Å². The highest BCUT2D eigenvalue weighted by Crippen LogP contribution is 2.17. The molecule has 0 aliphatic carbocycles. The molecule has 0 saturated heterocycles. The van der Waals surface area contributed by atoms with Crippen molar-refractivity contribution < 1.29 is 17.8 Å². The summed E-state index contributed by atoms with van der Waals surface area (Å²) in [6.45, 7) is 0.667. The van der Waals surface area contributed by atoms with E-state index < -0.39 is 10.1 Å². The first kappa shape index (κ1) is 18.6. The fourth-order valence-corrected chi connectivity index (χ4v) is 2.65. The van der Waals surface area contributed by atoms with Gasteiger partial charge in [0.2, 0.25) is 0 Å². The monoisotopic (exact) mass is 363 g/mol. The van der Waals surface area contributed by atoms with Crippen LogP contribution in [-0.2, 0) is 16.7 Å². The van der Waals surface area contributed by atoms with Crippen molar-refractivity contribution in [2.45, 2.75) is 11.4 Å². The number of carbonyl (C=O) groups excluding carboxylic acids is 1. The van der Waals surface area contributed by atoms with E-state index in [1.807, 2.05) is 0 Å². The topological polar surface area (TPSA) is 147 Å². The zero-order chi connectivity index (χ0) is 18.3. The summed E-state index contributed by atoms with van der Waals surface area (Å²) >= 11 is 0. The molecule has 0 saturated carbocycles. The van der Waals surface area contributed by atoms with E-state index in [2.05, 4.69) is 20.5 Å². The number of hydrogen-bond acceptors (Lipinski definition) is 7. The van der Waals surface area contributed by atoms with Gasteiger partial charge in [-0.1, -0.05) is 18.2 Å². The first-order valence-electron chi connectivity index (χ1n) is 7.29. The molecule has 25 heavy (non-hydrogen) atoms. The summed E-state index contributed by atoms with van der Waals surface area (Å²) in [6, 6.07) is 8.99. The highest BCUT2D eigenvalue weighted by atomic mass is 32.2. The number of aromatic nitrogens is 1. The zero-order valence-corrected chi connectivity index (χ0v) is 14.0. The fourth-order valence-electron chi connectivity index (χ4n) is 1.94. The van der Waals surface area contributed by atoms with Crippen molar-refractivity contribution in [2.75, 3.05) is 13.1 Å². The molecular weight excluding hydrogens is 346 g/mol. The SMILES string of the molecule is NCCNC(=O)c1ccc(N=NCc2ccccc2S(=O)(=O)O)nc1. The highest BCUT2D eigenvalue weighted by Gasteiger charge is 2.14. The normalized spacial score (nSPS) is 11.6. The Labute approximate surface area is 144 Å². The molecule has 1 heterocycles. The van der Waals surface area contributed by atoms with Crippen molar-refractivity contribution >= 4 is 21.8 Å². The van der Waals surface area contributed by atoms with Gasteiger partial charge >= 0.3 is 0 Å². The molecule has 10 heteroatoms. The molecule has 0 unspecified atom stereocenters. The average Bonchev–Trinajstić information content (AvgIpc) is 2.60. The van der Waals surface area contributed by atoms with Crippen LogP contribution in [0.5, 0.6) is 0 Å². The van der Waals surface area contributed by atoms with E-state index >= 15 is 0 Å². The van der Waals surface area contributed by atoms with Crippen LogP contribution in [0.2, 0.25) is 0 Å². The second-order valence-electron chi connectivity index (χ2n) is 4.93. The molecule has 0 bridgehead atoms. The average molecular weight is 363 g/mol. The Morgan fingerprint density at radius 1 is 1.24 bits per heavy atom. The van der Waals surface area contributed by atoms with Crippen LogP contribution in [0.15, 0.2) is 57.7 Å². The van der Waals surface area contributed by atoms with Gasteiger partial charge < -0.3 is 11.1 Å². The van der Waals surface area contributed by atoms with Crippen molar-refractivity contribution in [2.24, 2.45) is 16.0 Å². The Hall–Kier alpha value is -2.69. The molecule has 1 aromatic carbocycles. The molecule has 0 atom stereocenters. The number of rotatable bonds is 7. The number of hydrogen-bond donors (Lipinski definition) is 3. The van der Waals surface area contributed by atoms with Crippen molar-refractivity contribution in [1.29, 1.82) is 0 Å². The van der Waals surface area contributed by atoms with E-state index in [0.717, 1.165) is 0 Å². The molecule has 2 rings (SSSR count). The molecule has 4 N–H and O–H groups in total. The number of nitrogens with zero attached hydrogens (tertiary/aromatic N) is 3. The van der Waals surface area contributed by atoms with Gasteiger partial charge in [-0.25, -0.2) is 4.98 Å². The van der Waals surface area contributed by atoms with Crippen LogP contribution in [0.4, 0.5) is 5.82 Å². The fraction of sp³-hybridized carbons (Fsp3) is 0.200. The first-order chi connectivity index (χ1) is 11.9. The van der Waals surface area contributed by atoms with Crippen LogP contribution in [0, 0.1) is 0 Å². The van der Waals surface area contributed by atoms with Gasteiger partial charge in [-0.05, 0) is 23.8 Å². The summed E-state index contributed by atoms with van der Waals surface area (Å²) in [5.41, 5.74) is 5.98. The summed E-state index contributed by atoms with van der Waals surface area (Å²) in [5.74, 6) is -0.0248. The minimum absolute atomic E-state index is 0.0453. The molecular formula is C15H17N5O4S. The van der Waals surface area contributed by atoms with Gasteiger partial charge in [0.25, 0.3) is 16.0 Å². The van der Waals surface area contributed by atoms with Gasteiger partial charge in [0.05, 0.1) is 17.0 Å². The van der Waals surface area contributed by atoms with E-state index in [4.69, 9.17) is 5.73 Å². The number of nitrogens with two attached hydrogens (primary N) is 1. The van der Waals surface area contributed by atoms with E-state index in [9.17, 15) is 17.8 Å². The van der Waals surface area contributed by atoms with Crippen LogP contribution >= 0.6 is 0 Å². The first-order valence-corrected chi connectivity index (χ1v) is 8.73. The van der Waals surface area contributed by atoms with Gasteiger partial charge in [0.15, 0.2) is 5.82 Å². The maximum Gasteiger partial charge on any atom is 0.294 e. The maximum absolute atomic E-state index is 11.7. The Balaban J connectivity index is 2.05. The Bertz CT molecular complexity index is 866. The third kappa shape index (κ3) is 5.41. The van der Waals surface area contributed by atoms with Crippen molar-refractivity contribution in [1.82, 2.24) is 10.3 Å².